The quantitative estimate of drug-likeness (QED) is 0.465. The molecule has 1 rings (SSSR count). The molecule has 1 nitrogen and oxygen atoms in total. The molecule has 1 heteroatoms. The predicted octanol–water partition coefficient (Wildman–Crippen LogP) is 5.75. The topological polar surface area (TPSA) is 4.93 Å². The van der Waals surface area contributed by atoms with Crippen LogP contribution in [-0.4, -0.2) is 4.57 Å². The minimum absolute atomic E-state index is 0.647. The summed E-state index contributed by atoms with van der Waals surface area (Å²) in [6, 6.07) is 4.44. The number of aromatic nitrogens is 1. The van der Waals surface area contributed by atoms with E-state index in [9.17, 15) is 0 Å². The van der Waals surface area contributed by atoms with Crippen molar-refractivity contribution >= 4 is 0 Å². The molecule has 0 atom stereocenters. The van der Waals surface area contributed by atoms with Crippen molar-refractivity contribution in [3.8, 4) is 0 Å². The summed E-state index contributed by atoms with van der Waals surface area (Å²) < 4.78 is 2.43. The van der Waals surface area contributed by atoms with Crippen molar-refractivity contribution in [2.75, 3.05) is 0 Å². The van der Waals surface area contributed by atoms with Gasteiger partial charge in [0.2, 0.25) is 0 Å². The summed E-state index contributed by atoms with van der Waals surface area (Å²) in [7, 11) is 0. The van der Waals surface area contributed by atoms with Crippen molar-refractivity contribution in [3.63, 3.8) is 0 Å². The summed E-state index contributed by atoms with van der Waals surface area (Å²) in [5, 5.41) is 0. The van der Waals surface area contributed by atoms with Gasteiger partial charge in [-0.25, -0.2) is 0 Å². The molecule has 0 aliphatic carbocycles. The molecule has 18 heavy (non-hydrogen) atoms. The summed E-state index contributed by atoms with van der Waals surface area (Å²) in [5.41, 5.74) is 1.48. The van der Waals surface area contributed by atoms with Crippen molar-refractivity contribution in [1.82, 2.24) is 4.57 Å². The van der Waals surface area contributed by atoms with Crippen LogP contribution in [0.5, 0.6) is 0 Å². The third-order valence-corrected chi connectivity index (χ3v) is 3.71. The fourth-order valence-corrected chi connectivity index (χ4v) is 2.57. The lowest BCUT2D eigenvalue weighted by atomic mass is 10.1. The second-order valence-electron chi connectivity index (χ2n) is 5.76. The Morgan fingerprint density at radius 2 is 1.56 bits per heavy atom. The second kappa shape index (κ2) is 9.24. The van der Waals surface area contributed by atoms with Gasteiger partial charge in [-0.2, -0.15) is 0 Å². The van der Waals surface area contributed by atoms with Crippen LogP contribution in [0.3, 0.4) is 0 Å². The highest BCUT2D eigenvalue weighted by Crippen LogP contribution is 2.16. The molecule has 0 aliphatic rings. The van der Waals surface area contributed by atoms with Gasteiger partial charge in [-0.1, -0.05) is 65.7 Å². The lowest BCUT2D eigenvalue weighted by Gasteiger charge is -2.11. The lowest BCUT2D eigenvalue weighted by Crippen LogP contribution is -2.03. The molecular formula is C17H31N. The summed E-state index contributed by atoms with van der Waals surface area (Å²) in [6.07, 6.45) is 13.5. The summed E-state index contributed by atoms with van der Waals surface area (Å²) in [6.45, 7) is 8.04. The van der Waals surface area contributed by atoms with Gasteiger partial charge in [0, 0.05) is 18.4 Å². The first kappa shape index (κ1) is 15.3. The molecule has 1 aromatic rings. The molecule has 0 N–H and O–H groups in total. The second-order valence-corrected chi connectivity index (χ2v) is 5.76. The molecule has 0 fully saturated rings. The Morgan fingerprint density at radius 1 is 0.944 bits per heavy atom. The molecule has 0 amide bonds. The molecule has 1 aromatic heterocycles. The molecule has 0 unspecified atom stereocenters. The number of nitrogens with zero attached hydrogens (tertiary/aromatic N) is 1. The third-order valence-electron chi connectivity index (χ3n) is 3.71. The number of rotatable bonds is 10. The van der Waals surface area contributed by atoms with Gasteiger partial charge in [-0.15, -0.1) is 0 Å². The van der Waals surface area contributed by atoms with Crippen LogP contribution < -0.4 is 0 Å². The maximum absolute atomic E-state index is 2.43. The Bertz CT molecular complexity index is 298. The number of hydrogen-bond acceptors (Lipinski definition) is 0. The monoisotopic (exact) mass is 249 g/mol. The van der Waals surface area contributed by atoms with E-state index in [2.05, 4.69) is 43.7 Å². The van der Waals surface area contributed by atoms with Gasteiger partial charge in [-0.3, -0.25) is 0 Å². The van der Waals surface area contributed by atoms with Crippen molar-refractivity contribution < 1.29 is 0 Å². The molecule has 0 aromatic carbocycles. The van der Waals surface area contributed by atoms with Crippen LogP contribution in [0.15, 0.2) is 18.3 Å². The zero-order chi connectivity index (χ0) is 13.2. The first-order chi connectivity index (χ1) is 8.75. The maximum atomic E-state index is 2.43. The zero-order valence-electron chi connectivity index (χ0n) is 12.6. The number of hydrogen-bond donors (Lipinski definition) is 0. The van der Waals surface area contributed by atoms with Crippen LogP contribution in [0.1, 0.15) is 83.7 Å². The highest BCUT2D eigenvalue weighted by Gasteiger charge is 2.04. The Kier molecular flexibility index (Phi) is 7.88. The van der Waals surface area contributed by atoms with Gasteiger partial charge in [0.1, 0.15) is 0 Å². The lowest BCUT2D eigenvalue weighted by molar-refractivity contribution is 0.532. The molecular weight excluding hydrogens is 218 g/mol. The molecule has 0 saturated heterocycles. The minimum atomic E-state index is 0.647. The maximum Gasteiger partial charge on any atom is 0.0222 e. The summed E-state index contributed by atoms with van der Waals surface area (Å²) in [5.74, 6) is 0.647. The third kappa shape index (κ3) is 5.75. The standard InChI is InChI=1S/C17H31N/c1-4-5-6-7-8-9-10-11-14-18-15-12-13-17(18)16(2)3/h12-13,15-16H,4-11,14H2,1-3H3. The van der Waals surface area contributed by atoms with Gasteiger partial charge < -0.3 is 4.57 Å². The zero-order valence-corrected chi connectivity index (χ0v) is 12.6. The summed E-state index contributed by atoms with van der Waals surface area (Å²) >= 11 is 0. The molecule has 0 spiro atoms. The molecule has 0 saturated carbocycles. The van der Waals surface area contributed by atoms with E-state index in [0.29, 0.717) is 5.92 Å². The van der Waals surface area contributed by atoms with Crippen molar-refractivity contribution in [1.29, 1.82) is 0 Å². The molecule has 0 bridgehead atoms. The fraction of sp³-hybridized carbons (Fsp3) is 0.765. The van der Waals surface area contributed by atoms with E-state index in [1.165, 1.54) is 63.6 Å². The molecule has 0 aliphatic heterocycles. The average Bonchev–Trinajstić information content (AvgIpc) is 2.81. The normalized spacial score (nSPS) is 11.3. The number of unbranched alkanes of at least 4 members (excludes halogenated alkanes) is 7. The van der Waals surface area contributed by atoms with Gasteiger partial charge in [-0.05, 0) is 24.5 Å². The van der Waals surface area contributed by atoms with Crippen LogP contribution in [0.4, 0.5) is 0 Å². The largest absolute Gasteiger partial charge is 0.351 e. The van der Waals surface area contributed by atoms with Gasteiger partial charge in [0.25, 0.3) is 0 Å². The Morgan fingerprint density at radius 3 is 2.17 bits per heavy atom. The van der Waals surface area contributed by atoms with Gasteiger partial charge >= 0.3 is 0 Å². The van der Waals surface area contributed by atoms with Crippen molar-refractivity contribution in [2.45, 2.75) is 84.6 Å². The average molecular weight is 249 g/mol. The number of aryl methyl sites for hydroxylation is 1. The molecule has 104 valence electrons. The SMILES string of the molecule is CCCCCCCCCCn1cccc1C(C)C. The van der Waals surface area contributed by atoms with E-state index < -0.39 is 0 Å². The van der Waals surface area contributed by atoms with E-state index in [0.717, 1.165) is 0 Å². The molecule has 1 heterocycles. The van der Waals surface area contributed by atoms with E-state index in [-0.39, 0.29) is 0 Å². The highest BCUT2D eigenvalue weighted by molar-refractivity contribution is 5.10. The Balaban J connectivity index is 2.05. The smallest absolute Gasteiger partial charge is 0.0222 e. The fourth-order valence-electron chi connectivity index (χ4n) is 2.57. The van der Waals surface area contributed by atoms with E-state index >= 15 is 0 Å². The van der Waals surface area contributed by atoms with Gasteiger partial charge in [0.15, 0.2) is 0 Å². The van der Waals surface area contributed by atoms with Crippen LogP contribution in [0.25, 0.3) is 0 Å². The van der Waals surface area contributed by atoms with Crippen molar-refractivity contribution in [3.05, 3.63) is 24.0 Å². The molecule has 0 radical (unpaired) electrons. The van der Waals surface area contributed by atoms with Crippen LogP contribution in [0, 0.1) is 0 Å². The van der Waals surface area contributed by atoms with E-state index in [1.54, 1.807) is 0 Å². The van der Waals surface area contributed by atoms with E-state index in [4.69, 9.17) is 0 Å². The van der Waals surface area contributed by atoms with Crippen LogP contribution >= 0.6 is 0 Å². The highest BCUT2D eigenvalue weighted by atomic mass is 15.0. The van der Waals surface area contributed by atoms with Crippen LogP contribution in [-0.2, 0) is 6.54 Å². The first-order valence-electron chi connectivity index (χ1n) is 7.90. The van der Waals surface area contributed by atoms with Crippen molar-refractivity contribution in [2.24, 2.45) is 0 Å². The minimum Gasteiger partial charge on any atom is -0.351 e. The Hall–Kier alpha value is -0.720. The summed E-state index contributed by atoms with van der Waals surface area (Å²) in [4.78, 5) is 0. The van der Waals surface area contributed by atoms with E-state index in [1.807, 2.05) is 0 Å². The van der Waals surface area contributed by atoms with Crippen LogP contribution in [0.2, 0.25) is 0 Å². The van der Waals surface area contributed by atoms with Gasteiger partial charge in [0.05, 0.1) is 0 Å². The Labute approximate surface area is 114 Å². The predicted molar refractivity (Wildman–Crippen MR) is 81.1 cm³/mol. The first-order valence-corrected chi connectivity index (χ1v) is 7.90.